The van der Waals surface area contributed by atoms with Crippen LogP contribution in [-0.2, 0) is 4.74 Å². The highest BCUT2D eigenvalue weighted by molar-refractivity contribution is 5.84. The Kier molecular flexibility index (Phi) is 3.89. The van der Waals surface area contributed by atoms with Gasteiger partial charge in [0, 0.05) is 12.4 Å². The molecule has 2 heterocycles. The number of aromatic nitrogens is 2. The lowest BCUT2D eigenvalue weighted by atomic mass is 10.2. The van der Waals surface area contributed by atoms with E-state index in [0.717, 1.165) is 0 Å². The number of amides is 1. The van der Waals surface area contributed by atoms with E-state index in [1.54, 1.807) is 45.3 Å². The minimum atomic E-state index is -0.715. The summed E-state index contributed by atoms with van der Waals surface area (Å²) in [7, 11) is 0. The third-order valence-electron chi connectivity index (χ3n) is 2.26. The van der Waals surface area contributed by atoms with E-state index in [9.17, 15) is 4.79 Å². The van der Waals surface area contributed by atoms with Crippen LogP contribution < -0.4 is 5.32 Å². The highest BCUT2D eigenvalue weighted by Gasteiger charge is 2.21. The molecule has 0 unspecified atom stereocenters. The number of anilines is 1. The van der Waals surface area contributed by atoms with Gasteiger partial charge in [-0.2, -0.15) is 10.2 Å². The molecule has 0 aliphatic heterocycles. The summed E-state index contributed by atoms with van der Waals surface area (Å²) in [4.78, 5) is 19.6. The molecule has 0 fully saturated rings. The van der Waals surface area contributed by atoms with E-state index in [1.807, 2.05) is 6.07 Å². The monoisotopic (exact) mass is 286 g/mol. The molecule has 1 amide bonds. The topological polar surface area (TPSA) is 101 Å². The van der Waals surface area contributed by atoms with E-state index in [0.29, 0.717) is 5.56 Å². The summed E-state index contributed by atoms with van der Waals surface area (Å²) < 4.78 is 10.5. The number of ether oxygens (including phenoxy) is 1. The van der Waals surface area contributed by atoms with E-state index in [-0.39, 0.29) is 17.5 Å². The zero-order valence-electron chi connectivity index (χ0n) is 11.9. The molecular formula is C14H14N4O3. The van der Waals surface area contributed by atoms with Gasteiger partial charge in [0.1, 0.15) is 11.7 Å². The van der Waals surface area contributed by atoms with Gasteiger partial charge < -0.3 is 9.15 Å². The molecule has 0 aliphatic carbocycles. The molecule has 0 radical (unpaired) electrons. The Labute approximate surface area is 121 Å². The van der Waals surface area contributed by atoms with E-state index >= 15 is 0 Å². The zero-order valence-corrected chi connectivity index (χ0v) is 11.9. The number of hydrogen-bond acceptors (Lipinski definition) is 6. The van der Waals surface area contributed by atoms with Crippen LogP contribution in [0.1, 0.15) is 26.5 Å². The summed E-state index contributed by atoms with van der Waals surface area (Å²) in [6.07, 6.45) is 2.44. The molecule has 0 atom stereocenters. The summed E-state index contributed by atoms with van der Waals surface area (Å²) in [6.45, 7) is 5.21. The summed E-state index contributed by atoms with van der Waals surface area (Å²) in [5, 5.41) is 11.4. The van der Waals surface area contributed by atoms with E-state index < -0.39 is 11.7 Å². The number of carbonyl (C=O) groups is 1. The lowest BCUT2D eigenvalue weighted by Gasteiger charge is -2.18. The predicted molar refractivity (Wildman–Crippen MR) is 74.3 cm³/mol. The molecule has 0 aliphatic rings. The van der Waals surface area contributed by atoms with Crippen LogP contribution >= 0.6 is 0 Å². The van der Waals surface area contributed by atoms with Crippen LogP contribution in [0, 0.1) is 11.3 Å². The van der Waals surface area contributed by atoms with Crippen molar-refractivity contribution < 1.29 is 13.9 Å². The maximum atomic E-state index is 11.7. The number of nitrogens with one attached hydrogen (secondary N) is 1. The summed E-state index contributed by atoms with van der Waals surface area (Å²) in [6, 6.07) is 5.31. The molecule has 2 aromatic heterocycles. The number of rotatable bonds is 2. The average Bonchev–Trinajstić information content (AvgIpc) is 2.80. The first kappa shape index (κ1) is 14.5. The largest absolute Gasteiger partial charge is 0.444 e. The van der Waals surface area contributed by atoms with Gasteiger partial charge in [0.25, 0.3) is 0 Å². The van der Waals surface area contributed by atoms with Gasteiger partial charge in [0.15, 0.2) is 0 Å². The number of nitriles is 1. The quantitative estimate of drug-likeness (QED) is 0.910. The van der Waals surface area contributed by atoms with Crippen LogP contribution in [0.15, 0.2) is 28.9 Å². The molecular weight excluding hydrogens is 272 g/mol. The molecule has 2 rings (SSSR count). The average molecular weight is 286 g/mol. The predicted octanol–water partition coefficient (Wildman–Crippen LogP) is 2.96. The van der Waals surface area contributed by atoms with Gasteiger partial charge >= 0.3 is 6.09 Å². The van der Waals surface area contributed by atoms with Gasteiger partial charge in [-0.15, -0.1) is 0 Å². The Morgan fingerprint density at radius 3 is 2.81 bits per heavy atom. The van der Waals surface area contributed by atoms with Crippen molar-refractivity contribution in [3.05, 3.63) is 30.2 Å². The Hall–Kier alpha value is -2.88. The molecule has 0 saturated carbocycles. The minimum Gasteiger partial charge on any atom is -0.444 e. The zero-order chi connectivity index (χ0) is 15.5. The van der Waals surface area contributed by atoms with Crippen LogP contribution in [0.2, 0.25) is 0 Å². The lowest BCUT2D eigenvalue weighted by molar-refractivity contribution is 0.0632. The van der Waals surface area contributed by atoms with Crippen molar-refractivity contribution >= 4 is 12.0 Å². The maximum absolute atomic E-state index is 11.7. The van der Waals surface area contributed by atoms with E-state index in [1.165, 1.54) is 0 Å². The molecule has 7 nitrogen and oxygen atoms in total. The minimum absolute atomic E-state index is 0.0280. The fourth-order valence-electron chi connectivity index (χ4n) is 1.49. The summed E-state index contributed by atoms with van der Waals surface area (Å²) >= 11 is 0. The smallest absolute Gasteiger partial charge is 0.414 e. The highest BCUT2D eigenvalue weighted by atomic mass is 16.6. The Morgan fingerprint density at radius 2 is 2.24 bits per heavy atom. The van der Waals surface area contributed by atoms with Gasteiger partial charge in [0.2, 0.25) is 17.5 Å². The SMILES string of the molecule is CC(C)(C)OC(=O)Nc1oc(-c2cccnc2)nc1C#N. The van der Waals surface area contributed by atoms with Gasteiger partial charge in [-0.1, -0.05) is 0 Å². The van der Waals surface area contributed by atoms with E-state index in [2.05, 4.69) is 15.3 Å². The number of hydrogen-bond donors (Lipinski definition) is 1. The Morgan fingerprint density at radius 1 is 1.48 bits per heavy atom. The fourth-order valence-corrected chi connectivity index (χ4v) is 1.49. The lowest BCUT2D eigenvalue weighted by Crippen LogP contribution is -2.27. The van der Waals surface area contributed by atoms with Crippen molar-refractivity contribution in [2.24, 2.45) is 0 Å². The number of pyridine rings is 1. The molecule has 108 valence electrons. The standard InChI is InChI=1S/C14H14N4O3/c1-14(2,3)21-13(19)18-12-10(7-15)17-11(20-12)9-5-4-6-16-8-9/h4-6,8H,1-3H3,(H,18,19). The maximum Gasteiger partial charge on any atom is 0.414 e. The molecule has 2 aromatic rings. The van der Waals surface area contributed by atoms with Gasteiger partial charge in [-0.3, -0.25) is 10.3 Å². The first-order chi connectivity index (χ1) is 9.89. The molecule has 0 aromatic carbocycles. The van der Waals surface area contributed by atoms with Crippen molar-refractivity contribution in [1.82, 2.24) is 9.97 Å². The number of oxazole rings is 1. The van der Waals surface area contributed by atoms with Crippen LogP contribution in [0.5, 0.6) is 0 Å². The van der Waals surface area contributed by atoms with Crippen molar-refractivity contribution in [2.75, 3.05) is 5.32 Å². The molecule has 0 bridgehead atoms. The van der Waals surface area contributed by atoms with Crippen molar-refractivity contribution in [2.45, 2.75) is 26.4 Å². The van der Waals surface area contributed by atoms with Gasteiger partial charge in [-0.05, 0) is 32.9 Å². The Bertz CT molecular complexity index is 680. The molecule has 21 heavy (non-hydrogen) atoms. The number of carbonyl (C=O) groups excluding carboxylic acids is 1. The third kappa shape index (κ3) is 3.79. The van der Waals surface area contributed by atoms with E-state index in [4.69, 9.17) is 14.4 Å². The van der Waals surface area contributed by atoms with Crippen LogP contribution in [0.25, 0.3) is 11.5 Å². The third-order valence-corrected chi connectivity index (χ3v) is 2.26. The molecule has 0 spiro atoms. The summed E-state index contributed by atoms with van der Waals surface area (Å²) in [5.74, 6) is 0.149. The molecule has 0 saturated heterocycles. The second-order valence-electron chi connectivity index (χ2n) is 5.18. The summed E-state index contributed by atoms with van der Waals surface area (Å²) in [5.41, 5.74) is -0.0748. The van der Waals surface area contributed by atoms with Crippen LogP contribution in [0.3, 0.4) is 0 Å². The highest BCUT2D eigenvalue weighted by Crippen LogP contribution is 2.25. The number of nitrogens with zero attached hydrogens (tertiary/aromatic N) is 3. The molecule has 1 N–H and O–H groups in total. The van der Waals surface area contributed by atoms with Gasteiger partial charge in [-0.25, -0.2) is 4.79 Å². The first-order valence-electron chi connectivity index (χ1n) is 6.20. The van der Waals surface area contributed by atoms with Crippen molar-refractivity contribution in [3.63, 3.8) is 0 Å². The Balaban J connectivity index is 2.23. The van der Waals surface area contributed by atoms with Crippen LogP contribution in [0.4, 0.5) is 10.7 Å². The van der Waals surface area contributed by atoms with Gasteiger partial charge in [0.05, 0.1) is 5.56 Å². The second kappa shape index (κ2) is 5.63. The first-order valence-corrected chi connectivity index (χ1v) is 6.20. The van der Waals surface area contributed by atoms with Crippen LogP contribution in [-0.4, -0.2) is 21.7 Å². The molecule has 7 heteroatoms. The second-order valence-corrected chi connectivity index (χ2v) is 5.18. The van der Waals surface area contributed by atoms with Crippen molar-refractivity contribution in [1.29, 1.82) is 5.26 Å². The normalized spacial score (nSPS) is 10.8. The fraction of sp³-hybridized carbons (Fsp3) is 0.286. The van der Waals surface area contributed by atoms with Crippen molar-refractivity contribution in [3.8, 4) is 17.5 Å².